The molecular formula is C11H18O3. The van der Waals surface area contributed by atoms with Gasteiger partial charge >= 0.3 is 5.97 Å². The Morgan fingerprint density at radius 3 is 2.29 bits per heavy atom. The van der Waals surface area contributed by atoms with Crippen molar-refractivity contribution < 1.29 is 14.3 Å². The number of rotatable bonds is 1. The van der Waals surface area contributed by atoms with Crippen LogP contribution in [0.1, 0.15) is 40.0 Å². The summed E-state index contributed by atoms with van der Waals surface area (Å²) in [6.07, 6.45) is 1.61. The number of hydrogen-bond donors (Lipinski definition) is 0. The van der Waals surface area contributed by atoms with Crippen LogP contribution in [-0.2, 0) is 14.3 Å². The number of ether oxygens (including phenoxy) is 1. The number of carbonyl (C=O) groups excluding carboxylic acids is 2. The van der Waals surface area contributed by atoms with E-state index in [1.165, 1.54) is 7.11 Å². The quantitative estimate of drug-likeness (QED) is 0.605. The van der Waals surface area contributed by atoms with E-state index in [1.54, 1.807) is 0 Å². The monoisotopic (exact) mass is 198 g/mol. The second-order valence-electron chi connectivity index (χ2n) is 5.29. The van der Waals surface area contributed by atoms with Crippen LogP contribution in [-0.4, -0.2) is 18.9 Å². The molecule has 3 heteroatoms. The zero-order chi connectivity index (χ0) is 11.0. The van der Waals surface area contributed by atoms with Crippen LogP contribution < -0.4 is 0 Å². The number of carbonyl (C=O) groups is 2. The van der Waals surface area contributed by atoms with Gasteiger partial charge < -0.3 is 4.74 Å². The van der Waals surface area contributed by atoms with Crippen LogP contribution in [0.3, 0.4) is 0 Å². The van der Waals surface area contributed by atoms with Gasteiger partial charge in [0.1, 0.15) is 5.78 Å². The lowest BCUT2D eigenvalue weighted by atomic mass is 9.64. The van der Waals surface area contributed by atoms with E-state index in [2.05, 4.69) is 0 Å². The van der Waals surface area contributed by atoms with E-state index in [0.29, 0.717) is 12.8 Å². The third-order valence-electron chi connectivity index (χ3n) is 2.81. The highest BCUT2D eigenvalue weighted by atomic mass is 16.5. The number of Topliss-reactive ketones (excluding diaryl/α,β-unsaturated/α-hetero) is 1. The first kappa shape index (κ1) is 11.2. The van der Waals surface area contributed by atoms with Crippen molar-refractivity contribution in [1.29, 1.82) is 0 Å². The SMILES string of the molecule is COC(=O)C1(C)CC(=O)CC(C)(C)C1. The van der Waals surface area contributed by atoms with Gasteiger partial charge in [0, 0.05) is 12.8 Å². The summed E-state index contributed by atoms with van der Waals surface area (Å²) in [5, 5.41) is 0. The number of esters is 1. The minimum Gasteiger partial charge on any atom is -0.469 e. The molecule has 14 heavy (non-hydrogen) atoms. The van der Waals surface area contributed by atoms with E-state index in [-0.39, 0.29) is 17.2 Å². The first-order valence-corrected chi connectivity index (χ1v) is 4.89. The molecule has 3 nitrogen and oxygen atoms in total. The van der Waals surface area contributed by atoms with E-state index in [9.17, 15) is 9.59 Å². The maximum absolute atomic E-state index is 11.5. The third kappa shape index (κ3) is 2.14. The molecule has 0 aromatic rings. The van der Waals surface area contributed by atoms with Crippen LogP contribution >= 0.6 is 0 Å². The summed E-state index contributed by atoms with van der Waals surface area (Å²) in [7, 11) is 1.37. The lowest BCUT2D eigenvalue weighted by molar-refractivity contribution is -0.159. The number of ketones is 1. The van der Waals surface area contributed by atoms with Gasteiger partial charge in [-0.15, -0.1) is 0 Å². The molecule has 0 heterocycles. The van der Waals surface area contributed by atoms with Gasteiger partial charge in [-0.3, -0.25) is 9.59 Å². The largest absolute Gasteiger partial charge is 0.469 e. The third-order valence-corrected chi connectivity index (χ3v) is 2.81. The normalized spacial score (nSPS) is 31.3. The molecule has 1 atom stereocenters. The fraction of sp³-hybridized carbons (Fsp3) is 0.818. The van der Waals surface area contributed by atoms with Crippen LogP contribution in [0.5, 0.6) is 0 Å². The van der Waals surface area contributed by atoms with Crippen LogP contribution in [0.2, 0.25) is 0 Å². The Morgan fingerprint density at radius 1 is 1.29 bits per heavy atom. The van der Waals surface area contributed by atoms with Crippen molar-refractivity contribution in [2.75, 3.05) is 7.11 Å². The van der Waals surface area contributed by atoms with Crippen LogP contribution in [0.15, 0.2) is 0 Å². The lowest BCUT2D eigenvalue weighted by Gasteiger charge is -2.39. The predicted molar refractivity (Wildman–Crippen MR) is 52.8 cm³/mol. The molecule has 0 aliphatic heterocycles. The molecule has 1 saturated carbocycles. The molecule has 80 valence electrons. The molecule has 1 aliphatic rings. The van der Waals surface area contributed by atoms with Gasteiger partial charge in [0.15, 0.2) is 0 Å². The average Bonchev–Trinajstić information content (AvgIpc) is 1.98. The first-order chi connectivity index (χ1) is 6.29. The molecule has 0 radical (unpaired) electrons. The molecule has 1 unspecified atom stereocenters. The molecule has 1 fully saturated rings. The zero-order valence-electron chi connectivity index (χ0n) is 9.35. The Bertz CT molecular complexity index is 268. The van der Waals surface area contributed by atoms with Gasteiger partial charge in [-0.2, -0.15) is 0 Å². The maximum Gasteiger partial charge on any atom is 0.311 e. The lowest BCUT2D eigenvalue weighted by Crippen LogP contribution is -2.41. The Balaban J connectivity index is 2.89. The van der Waals surface area contributed by atoms with Gasteiger partial charge in [-0.1, -0.05) is 13.8 Å². The number of methoxy groups -OCH3 is 1. The zero-order valence-corrected chi connectivity index (χ0v) is 9.35. The highest BCUT2D eigenvalue weighted by Crippen LogP contribution is 2.44. The summed E-state index contributed by atoms with van der Waals surface area (Å²) in [6.45, 7) is 5.86. The molecule has 1 aliphatic carbocycles. The molecule has 0 saturated heterocycles. The van der Waals surface area contributed by atoms with Crippen molar-refractivity contribution in [2.45, 2.75) is 40.0 Å². The standard InChI is InChI=1S/C11H18O3/c1-10(2)5-8(12)6-11(3,7-10)9(13)14-4/h5-7H2,1-4H3. The van der Waals surface area contributed by atoms with Crippen molar-refractivity contribution in [3.05, 3.63) is 0 Å². The van der Waals surface area contributed by atoms with Crippen LogP contribution in [0.4, 0.5) is 0 Å². The minimum atomic E-state index is -0.617. The van der Waals surface area contributed by atoms with E-state index in [0.717, 1.165) is 6.42 Å². The van der Waals surface area contributed by atoms with Gasteiger partial charge in [0.2, 0.25) is 0 Å². The molecule has 1 rings (SSSR count). The maximum atomic E-state index is 11.5. The Kier molecular flexibility index (Phi) is 2.70. The van der Waals surface area contributed by atoms with Crippen molar-refractivity contribution in [3.63, 3.8) is 0 Å². The summed E-state index contributed by atoms with van der Waals surface area (Å²) >= 11 is 0. The van der Waals surface area contributed by atoms with Crippen LogP contribution in [0.25, 0.3) is 0 Å². The van der Waals surface area contributed by atoms with E-state index in [4.69, 9.17) is 4.74 Å². The van der Waals surface area contributed by atoms with Crippen molar-refractivity contribution >= 4 is 11.8 Å². The second kappa shape index (κ2) is 3.37. The van der Waals surface area contributed by atoms with Crippen molar-refractivity contribution in [1.82, 2.24) is 0 Å². The Morgan fingerprint density at radius 2 is 1.86 bits per heavy atom. The summed E-state index contributed by atoms with van der Waals surface area (Å²) in [5.41, 5.74) is -0.703. The van der Waals surface area contributed by atoms with Gasteiger partial charge in [0.25, 0.3) is 0 Å². The first-order valence-electron chi connectivity index (χ1n) is 4.89. The number of hydrogen-bond acceptors (Lipinski definition) is 3. The predicted octanol–water partition coefficient (Wildman–Crippen LogP) is 1.94. The highest BCUT2D eigenvalue weighted by Gasteiger charge is 2.46. The van der Waals surface area contributed by atoms with Crippen molar-refractivity contribution in [2.24, 2.45) is 10.8 Å². The fourth-order valence-electron chi connectivity index (χ4n) is 2.60. The summed E-state index contributed by atoms with van der Waals surface area (Å²) < 4.78 is 4.74. The second-order valence-corrected chi connectivity index (χ2v) is 5.29. The smallest absolute Gasteiger partial charge is 0.311 e. The molecule has 0 aromatic heterocycles. The van der Waals surface area contributed by atoms with E-state index >= 15 is 0 Å². The Labute approximate surface area is 84.8 Å². The molecule has 0 aromatic carbocycles. The molecule has 0 spiro atoms. The summed E-state index contributed by atoms with van der Waals surface area (Å²) in [4.78, 5) is 23.1. The topological polar surface area (TPSA) is 43.4 Å². The molecular weight excluding hydrogens is 180 g/mol. The Hall–Kier alpha value is -0.860. The summed E-state index contributed by atoms with van der Waals surface area (Å²) in [5.74, 6) is -0.104. The summed E-state index contributed by atoms with van der Waals surface area (Å²) in [6, 6.07) is 0. The van der Waals surface area contributed by atoms with E-state index < -0.39 is 5.41 Å². The molecule has 0 N–H and O–H groups in total. The average molecular weight is 198 g/mol. The molecule has 0 bridgehead atoms. The van der Waals surface area contributed by atoms with Gasteiger partial charge in [-0.05, 0) is 18.8 Å². The highest BCUT2D eigenvalue weighted by molar-refractivity contribution is 5.88. The van der Waals surface area contributed by atoms with Gasteiger partial charge in [0.05, 0.1) is 12.5 Å². The fourth-order valence-corrected chi connectivity index (χ4v) is 2.60. The minimum absolute atomic E-state index is 0.0850. The van der Waals surface area contributed by atoms with Crippen molar-refractivity contribution in [3.8, 4) is 0 Å². The van der Waals surface area contributed by atoms with Gasteiger partial charge in [-0.25, -0.2) is 0 Å². The van der Waals surface area contributed by atoms with Crippen LogP contribution in [0, 0.1) is 10.8 Å². The van der Waals surface area contributed by atoms with E-state index in [1.807, 2.05) is 20.8 Å². The molecule has 0 amide bonds.